The quantitative estimate of drug-likeness (QED) is 0.920. The smallest absolute Gasteiger partial charge is 0.208 e. The van der Waals surface area contributed by atoms with Gasteiger partial charge in [-0.1, -0.05) is 11.3 Å². The number of aromatic nitrogens is 2. The minimum atomic E-state index is 0.261. The Balaban J connectivity index is 1.66. The van der Waals surface area contributed by atoms with E-state index in [4.69, 9.17) is 4.74 Å². The molecule has 1 aromatic carbocycles. The van der Waals surface area contributed by atoms with Crippen molar-refractivity contribution in [2.75, 3.05) is 18.6 Å². The average molecular weight is 305 g/mol. The number of nitrogens with zero attached hydrogens (tertiary/aromatic N) is 3. The Morgan fingerprint density at radius 2 is 2.00 bits per heavy atom. The van der Waals surface area contributed by atoms with E-state index in [2.05, 4.69) is 22.1 Å². The second-order valence-electron chi connectivity index (χ2n) is 5.25. The minimum absolute atomic E-state index is 0.261. The highest BCUT2D eigenvalue weighted by Gasteiger charge is 2.33. The zero-order valence-corrected chi connectivity index (χ0v) is 13.0. The number of hydrogen-bond donors (Lipinski definition) is 1. The van der Waals surface area contributed by atoms with E-state index in [0.29, 0.717) is 12.1 Å². The lowest BCUT2D eigenvalue weighted by Crippen LogP contribution is -2.46. The van der Waals surface area contributed by atoms with E-state index in [-0.39, 0.29) is 5.75 Å². The van der Waals surface area contributed by atoms with Crippen molar-refractivity contribution >= 4 is 16.5 Å². The number of anilines is 1. The fraction of sp³-hybridized carbons (Fsp3) is 0.467. The van der Waals surface area contributed by atoms with Gasteiger partial charge in [0.25, 0.3) is 0 Å². The molecule has 2 aromatic rings. The molecule has 5 nitrogen and oxygen atoms in total. The first-order valence-corrected chi connectivity index (χ1v) is 7.96. The van der Waals surface area contributed by atoms with Crippen molar-refractivity contribution < 1.29 is 9.84 Å². The van der Waals surface area contributed by atoms with Gasteiger partial charge in [0.15, 0.2) is 0 Å². The molecule has 0 radical (unpaired) electrons. The van der Waals surface area contributed by atoms with Gasteiger partial charge in [0.2, 0.25) is 5.13 Å². The highest BCUT2D eigenvalue weighted by Crippen LogP contribution is 2.34. The summed E-state index contributed by atoms with van der Waals surface area (Å²) in [5, 5.41) is 19.7. The van der Waals surface area contributed by atoms with Gasteiger partial charge in [0.05, 0.1) is 6.10 Å². The second kappa shape index (κ2) is 5.99. The monoisotopic (exact) mass is 305 g/mol. The molecule has 0 saturated heterocycles. The van der Waals surface area contributed by atoms with Crippen molar-refractivity contribution in [3.63, 3.8) is 0 Å². The van der Waals surface area contributed by atoms with Crippen LogP contribution in [-0.2, 0) is 4.74 Å². The summed E-state index contributed by atoms with van der Waals surface area (Å²) in [7, 11) is 2.06. The molecule has 1 aromatic heterocycles. The van der Waals surface area contributed by atoms with E-state index in [0.717, 1.165) is 35.2 Å². The molecule has 0 spiro atoms. The van der Waals surface area contributed by atoms with Crippen molar-refractivity contribution in [3.05, 3.63) is 24.3 Å². The van der Waals surface area contributed by atoms with Crippen LogP contribution in [0.5, 0.6) is 5.75 Å². The molecule has 1 saturated carbocycles. The summed E-state index contributed by atoms with van der Waals surface area (Å²) in [6.07, 6.45) is 2.50. The minimum Gasteiger partial charge on any atom is -0.508 e. The van der Waals surface area contributed by atoms with Crippen LogP contribution in [0.25, 0.3) is 10.6 Å². The van der Waals surface area contributed by atoms with Crippen molar-refractivity contribution in [2.24, 2.45) is 0 Å². The molecule has 1 N–H and O–H groups in total. The fourth-order valence-electron chi connectivity index (χ4n) is 2.46. The van der Waals surface area contributed by atoms with Crippen LogP contribution in [-0.4, -0.2) is 41.1 Å². The predicted molar refractivity (Wildman–Crippen MR) is 83.8 cm³/mol. The first-order chi connectivity index (χ1) is 10.2. The molecule has 1 aliphatic rings. The fourth-order valence-corrected chi connectivity index (χ4v) is 3.34. The van der Waals surface area contributed by atoms with Gasteiger partial charge in [-0.3, -0.25) is 0 Å². The molecule has 0 bridgehead atoms. The van der Waals surface area contributed by atoms with E-state index < -0.39 is 0 Å². The lowest BCUT2D eigenvalue weighted by atomic mass is 9.88. The van der Waals surface area contributed by atoms with Crippen LogP contribution in [0.2, 0.25) is 0 Å². The number of aromatic hydroxyl groups is 1. The SMILES string of the molecule is CCOC1CC(N(C)c2nnc(-c3ccc(O)cc3)s2)C1. The summed E-state index contributed by atoms with van der Waals surface area (Å²) in [4.78, 5) is 2.19. The normalized spacial score (nSPS) is 21.0. The number of phenols is 1. The van der Waals surface area contributed by atoms with Gasteiger partial charge in [-0.2, -0.15) is 0 Å². The lowest BCUT2D eigenvalue weighted by Gasteiger charge is -2.40. The van der Waals surface area contributed by atoms with Crippen molar-refractivity contribution in [1.29, 1.82) is 0 Å². The maximum absolute atomic E-state index is 9.33. The van der Waals surface area contributed by atoms with Crippen molar-refractivity contribution in [2.45, 2.75) is 31.9 Å². The number of benzene rings is 1. The highest BCUT2D eigenvalue weighted by atomic mass is 32.1. The zero-order chi connectivity index (χ0) is 14.8. The molecular weight excluding hydrogens is 286 g/mol. The van der Waals surface area contributed by atoms with Crippen LogP contribution in [0.3, 0.4) is 0 Å². The molecule has 112 valence electrons. The van der Waals surface area contributed by atoms with Crippen LogP contribution in [0, 0.1) is 0 Å². The third kappa shape index (κ3) is 3.01. The summed E-state index contributed by atoms with van der Waals surface area (Å²) in [6, 6.07) is 7.53. The van der Waals surface area contributed by atoms with Gasteiger partial charge in [0, 0.05) is 25.3 Å². The second-order valence-corrected chi connectivity index (χ2v) is 6.21. The van der Waals surface area contributed by atoms with E-state index in [1.54, 1.807) is 23.5 Å². The van der Waals surface area contributed by atoms with Crippen LogP contribution in [0.1, 0.15) is 19.8 Å². The van der Waals surface area contributed by atoms with Gasteiger partial charge in [-0.15, -0.1) is 10.2 Å². The van der Waals surface area contributed by atoms with Gasteiger partial charge < -0.3 is 14.7 Å². The number of hydrogen-bond acceptors (Lipinski definition) is 6. The lowest BCUT2D eigenvalue weighted by molar-refractivity contribution is -0.00225. The maximum Gasteiger partial charge on any atom is 0.208 e. The molecule has 0 amide bonds. The van der Waals surface area contributed by atoms with Crippen LogP contribution < -0.4 is 4.90 Å². The highest BCUT2D eigenvalue weighted by molar-refractivity contribution is 7.18. The van der Waals surface area contributed by atoms with E-state index >= 15 is 0 Å². The van der Waals surface area contributed by atoms with Gasteiger partial charge >= 0.3 is 0 Å². The molecule has 0 atom stereocenters. The van der Waals surface area contributed by atoms with E-state index in [9.17, 15) is 5.11 Å². The Bertz CT molecular complexity index is 593. The zero-order valence-electron chi connectivity index (χ0n) is 12.2. The van der Waals surface area contributed by atoms with Gasteiger partial charge in [0.1, 0.15) is 10.8 Å². The molecule has 1 aliphatic carbocycles. The molecule has 6 heteroatoms. The Kier molecular flexibility index (Phi) is 4.07. The molecule has 0 aliphatic heterocycles. The van der Waals surface area contributed by atoms with E-state index in [1.807, 2.05) is 19.1 Å². The third-order valence-corrected chi connectivity index (χ3v) is 4.91. The molecule has 0 unspecified atom stereocenters. The first-order valence-electron chi connectivity index (χ1n) is 7.14. The van der Waals surface area contributed by atoms with Crippen molar-refractivity contribution in [3.8, 4) is 16.3 Å². The average Bonchev–Trinajstić information content (AvgIpc) is 2.92. The summed E-state index contributed by atoms with van der Waals surface area (Å²) in [5.74, 6) is 0.261. The summed E-state index contributed by atoms with van der Waals surface area (Å²) >= 11 is 1.57. The summed E-state index contributed by atoms with van der Waals surface area (Å²) < 4.78 is 5.60. The van der Waals surface area contributed by atoms with Crippen LogP contribution in [0.15, 0.2) is 24.3 Å². The van der Waals surface area contributed by atoms with E-state index in [1.165, 1.54) is 0 Å². The number of rotatable bonds is 5. The Hall–Kier alpha value is -1.66. The largest absolute Gasteiger partial charge is 0.508 e. The van der Waals surface area contributed by atoms with Crippen molar-refractivity contribution in [1.82, 2.24) is 10.2 Å². The molecule has 21 heavy (non-hydrogen) atoms. The molecular formula is C15H19N3O2S. The standard InChI is InChI=1S/C15H19N3O2S/c1-3-20-13-8-11(9-13)18(2)15-17-16-14(21-15)10-4-6-12(19)7-5-10/h4-7,11,13,19H,3,8-9H2,1-2H3. The predicted octanol–water partition coefficient (Wildman–Crippen LogP) is 2.91. The van der Waals surface area contributed by atoms with Crippen LogP contribution in [0.4, 0.5) is 5.13 Å². The molecule has 1 heterocycles. The van der Waals surface area contributed by atoms with Crippen LogP contribution >= 0.6 is 11.3 Å². The summed E-state index contributed by atoms with van der Waals surface area (Å²) in [6.45, 7) is 2.82. The third-order valence-electron chi connectivity index (χ3n) is 3.85. The molecule has 3 rings (SSSR count). The Labute approximate surface area is 128 Å². The Morgan fingerprint density at radius 3 is 2.67 bits per heavy atom. The Morgan fingerprint density at radius 1 is 1.29 bits per heavy atom. The van der Waals surface area contributed by atoms with Gasteiger partial charge in [-0.05, 0) is 44.0 Å². The topological polar surface area (TPSA) is 58.5 Å². The maximum atomic E-state index is 9.33. The number of ether oxygens (including phenoxy) is 1. The number of phenolic OH excluding ortho intramolecular Hbond substituents is 1. The van der Waals surface area contributed by atoms with Gasteiger partial charge in [-0.25, -0.2) is 0 Å². The summed E-state index contributed by atoms with van der Waals surface area (Å²) in [5.41, 5.74) is 0.978. The first kappa shape index (κ1) is 14.3. The molecule has 1 fully saturated rings.